The van der Waals surface area contributed by atoms with E-state index >= 15 is 0 Å². The topological polar surface area (TPSA) is 82.0 Å². The molecule has 5 unspecified atom stereocenters. The zero-order chi connectivity index (χ0) is 15.6. The van der Waals surface area contributed by atoms with Crippen molar-refractivity contribution in [3.63, 3.8) is 0 Å². The van der Waals surface area contributed by atoms with Gasteiger partial charge in [0.1, 0.15) is 23.7 Å². The number of benzene rings is 1. The summed E-state index contributed by atoms with van der Waals surface area (Å²) in [6.07, 6.45) is -2.68. The van der Waals surface area contributed by atoms with E-state index < -0.39 is 29.8 Å². The second kappa shape index (κ2) is 7.48. The number of hydrogen-bond acceptors (Lipinski definition) is 6. The molecule has 1 aromatic rings. The van der Waals surface area contributed by atoms with E-state index in [4.69, 9.17) is 27.9 Å². The molecule has 1 heterocycles. The number of likely N-dealkylation sites (N-methyl/N-ethyl adjacent to an activating group) is 1. The predicted octanol–water partition coefficient (Wildman–Crippen LogP) is 1.11. The smallest absolute Gasteiger partial charge is 0.135 e. The third kappa shape index (κ3) is 3.83. The van der Waals surface area contributed by atoms with Crippen LogP contribution < -0.4 is 5.32 Å². The van der Waals surface area contributed by atoms with Crippen molar-refractivity contribution in [1.82, 2.24) is 5.32 Å². The van der Waals surface area contributed by atoms with E-state index in [1.807, 2.05) is 0 Å². The third-order valence-corrected chi connectivity index (χ3v) is 5.25. The van der Waals surface area contributed by atoms with Crippen LogP contribution in [0.5, 0.6) is 0 Å². The van der Waals surface area contributed by atoms with Crippen LogP contribution in [0, 0.1) is 0 Å². The first kappa shape index (κ1) is 17.3. The summed E-state index contributed by atoms with van der Waals surface area (Å²) in [5.74, 6) is 0. The molecule has 5 atom stereocenters. The van der Waals surface area contributed by atoms with Crippen LogP contribution in [0.1, 0.15) is 0 Å². The van der Waals surface area contributed by atoms with E-state index in [2.05, 4.69) is 5.32 Å². The Hall–Kier alpha value is -0.0500. The molecule has 0 spiro atoms. The zero-order valence-electron chi connectivity index (χ0n) is 11.2. The van der Waals surface area contributed by atoms with Crippen molar-refractivity contribution < 1.29 is 20.1 Å². The van der Waals surface area contributed by atoms with Gasteiger partial charge in [-0.05, 0) is 25.2 Å². The van der Waals surface area contributed by atoms with E-state index in [1.165, 1.54) is 11.8 Å². The number of nitrogens with one attached hydrogen (secondary N) is 1. The van der Waals surface area contributed by atoms with Crippen molar-refractivity contribution in [2.45, 2.75) is 34.7 Å². The molecule has 1 saturated heterocycles. The summed E-state index contributed by atoms with van der Waals surface area (Å²) in [7, 11) is 1.64. The molecule has 1 aliphatic heterocycles. The molecule has 8 heteroatoms. The number of aliphatic hydroxyl groups is 3. The predicted molar refractivity (Wildman–Crippen MR) is 82.9 cm³/mol. The van der Waals surface area contributed by atoms with Crippen LogP contribution in [-0.2, 0) is 4.74 Å². The lowest BCUT2D eigenvalue weighted by atomic mass is 9.97. The van der Waals surface area contributed by atoms with Crippen LogP contribution in [0.2, 0.25) is 10.0 Å². The maximum atomic E-state index is 10.3. The Bertz CT molecular complexity index is 493. The minimum Gasteiger partial charge on any atom is -0.394 e. The Kier molecular flexibility index (Phi) is 6.16. The fraction of sp³-hybridized carbons (Fsp3) is 0.538. The summed E-state index contributed by atoms with van der Waals surface area (Å²) < 4.78 is 5.56. The molecule has 4 N–H and O–H groups in total. The van der Waals surface area contributed by atoms with Gasteiger partial charge >= 0.3 is 0 Å². The Morgan fingerprint density at radius 1 is 1.24 bits per heavy atom. The van der Waals surface area contributed by atoms with Crippen LogP contribution in [0.25, 0.3) is 0 Å². The van der Waals surface area contributed by atoms with Gasteiger partial charge in [-0.15, -0.1) is 0 Å². The number of rotatable bonds is 4. The van der Waals surface area contributed by atoms with Gasteiger partial charge in [0.15, 0.2) is 0 Å². The highest BCUT2D eigenvalue weighted by atomic mass is 35.5. The molecule has 0 bridgehead atoms. The minimum atomic E-state index is -0.986. The van der Waals surface area contributed by atoms with Gasteiger partial charge < -0.3 is 25.4 Å². The van der Waals surface area contributed by atoms with E-state index in [-0.39, 0.29) is 6.61 Å². The van der Waals surface area contributed by atoms with Crippen molar-refractivity contribution >= 4 is 35.0 Å². The third-order valence-electron chi connectivity index (χ3n) is 3.36. The molecule has 21 heavy (non-hydrogen) atoms. The van der Waals surface area contributed by atoms with Crippen molar-refractivity contribution in [1.29, 1.82) is 0 Å². The normalized spacial score (nSPS) is 33.1. The molecule has 1 fully saturated rings. The summed E-state index contributed by atoms with van der Waals surface area (Å²) in [6, 6.07) is 4.52. The molecule has 118 valence electrons. The average Bonchev–Trinajstić information content (AvgIpc) is 2.46. The highest BCUT2D eigenvalue weighted by molar-refractivity contribution is 7.99. The second-order valence-electron chi connectivity index (χ2n) is 4.71. The summed E-state index contributed by atoms with van der Waals surface area (Å²) in [5, 5.41) is 33.3. The maximum absolute atomic E-state index is 10.3. The van der Waals surface area contributed by atoms with Crippen molar-refractivity contribution in [3.05, 3.63) is 28.2 Å². The molecular weight excluding hydrogens is 337 g/mol. The Balaban J connectivity index is 2.15. The lowest BCUT2D eigenvalue weighted by Gasteiger charge is -2.42. The van der Waals surface area contributed by atoms with Gasteiger partial charge in [-0.2, -0.15) is 0 Å². The van der Waals surface area contributed by atoms with E-state index in [0.717, 1.165) is 4.90 Å². The molecule has 0 aromatic heterocycles. The number of aliphatic hydroxyl groups excluding tert-OH is 3. The number of ether oxygens (including phenoxy) is 1. The van der Waals surface area contributed by atoms with Gasteiger partial charge in [-0.3, -0.25) is 0 Å². The largest absolute Gasteiger partial charge is 0.394 e. The van der Waals surface area contributed by atoms with Crippen LogP contribution in [-0.4, -0.2) is 58.8 Å². The Labute approximate surface area is 137 Å². The SMILES string of the molecule is CNC1C(O)C(CO)OC(Sc2ccc(Cl)c(Cl)c2)C1O. The van der Waals surface area contributed by atoms with Crippen molar-refractivity contribution in [2.75, 3.05) is 13.7 Å². The van der Waals surface area contributed by atoms with Gasteiger partial charge in [-0.25, -0.2) is 0 Å². The van der Waals surface area contributed by atoms with E-state index in [9.17, 15) is 15.3 Å². The lowest BCUT2D eigenvalue weighted by molar-refractivity contribution is -0.165. The monoisotopic (exact) mass is 353 g/mol. The second-order valence-corrected chi connectivity index (χ2v) is 6.70. The quantitative estimate of drug-likeness (QED) is 0.649. The van der Waals surface area contributed by atoms with Crippen LogP contribution in [0.3, 0.4) is 0 Å². The maximum Gasteiger partial charge on any atom is 0.135 e. The summed E-state index contributed by atoms with van der Waals surface area (Å²) >= 11 is 13.1. The molecular formula is C13H17Cl2NO4S. The Morgan fingerprint density at radius 2 is 1.95 bits per heavy atom. The van der Waals surface area contributed by atoms with Crippen molar-refractivity contribution in [2.24, 2.45) is 0 Å². The van der Waals surface area contributed by atoms with Gasteiger partial charge in [-0.1, -0.05) is 35.0 Å². The molecule has 5 nitrogen and oxygen atoms in total. The van der Waals surface area contributed by atoms with E-state index in [1.54, 1.807) is 25.2 Å². The van der Waals surface area contributed by atoms with Crippen LogP contribution in [0.15, 0.2) is 23.1 Å². The first-order valence-electron chi connectivity index (χ1n) is 6.39. The Morgan fingerprint density at radius 3 is 2.52 bits per heavy atom. The number of hydrogen-bond donors (Lipinski definition) is 4. The van der Waals surface area contributed by atoms with Gasteiger partial charge in [0, 0.05) is 4.90 Å². The fourth-order valence-electron chi connectivity index (χ4n) is 2.21. The lowest BCUT2D eigenvalue weighted by Crippen LogP contribution is -2.62. The summed E-state index contributed by atoms with van der Waals surface area (Å²) in [6.45, 7) is -0.329. The molecule has 0 amide bonds. The molecule has 0 radical (unpaired) electrons. The molecule has 0 aliphatic carbocycles. The standard InChI is InChI=1S/C13H17Cl2NO4S/c1-16-10-11(18)9(5-17)20-13(12(10)19)21-6-2-3-7(14)8(15)4-6/h2-4,9-13,16-19H,5H2,1H3. The average molecular weight is 354 g/mol. The fourth-order valence-corrected chi connectivity index (χ4v) is 3.68. The van der Waals surface area contributed by atoms with Gasteiger partial charge in [0.2, 0.25) is 0 Å². The molecule has 1 aromatic carbocycles. The molecule has 0 saturated carbocycles. The van der Waals surface area contributed by atoms with Crippen molar-refractivity contribution in [3.8, 4) is 0 Å². The highest BCUT2D eigenvalue weighted by Gasteiger charge is 2.43. The zero-order valence-corrected chi connectivity index (χ0v) is 13.6. The molecule has 1 aliphatic rings. The summed E-state index contributed by atoms with van der Waals surface area (Å²) in [5.41, 5.74) is -0.639. The van der Waals surface area contributed by atoms with Crippen LogP contribution in [0.4, 0.5) is 0 Å². The number of thioether (sulfide) groups is 1. The van der Waals surface area contributed by atoms with Gasteiger partial charge in [0.05, 0.1) is 22.7 Å². The summed E-state index contributed by atoms with van der Waals surface area (Å²) in [4.78, 5) is 0.774. The highest BCUT2D eigenvalue weighted by Crippen LogP contribution is 2.35. The van der Waals surface area contributed by atoms with E-state index in [0.29, 0.717) is 10.0 Å². The minimum absolute atomic E-state index is 0.329. The van der Waals surface area contributed by atoms with Crippen LogP contribution >= 0.6 is 35.0 Å². The first-order chi connectivity index (χ1) is 9.97. The number of halogens is 2. The molecule has 2 rings (SSSR count). The first-order valence-corrected chi connectivity index (χ1v) is 8.03. The van der Waals surface area contributed by atoms with Gasteiger partial charge in [0.25, 0.3) is 0 Å².